The number of hydrogen-bond donors (Lipinski definition) is 1. The first-order valence-electron chi connectivity index (χ1n) is 8.17. The minimum Gasteiger partial charge on any atom is -0.508 e. The zero-order valence-electron chi connectivity index (χ0n) is 13.3. The summed E-state index contributed by atoms with van der Waals surface area (Å²) in [5.41, 5.74) is 2.21. The number of ketones is 1. The average molecular weight is 297 g/mol. The van der Waals surface area contributed by atoms with Crippen molar-refractivity contribution in [1.29, 1.82) is 5.26 Å². The second kappa shape index (κ2) is 5.43. The molecule has 116 valence electrons. The molecule has 3 unspecified atom stereocenters. The van der Waals surface area contributed by atoms with Crippen LogP contribution in [0.2, 0.25) is 0 Å². The first-order chi connectivity index (χ1) is 10.5. The molecule has 1 saturated carbocycles. The summed E-state index contributed by atoms with van der Waals surface area (Å²) >= 11 is 0. The SMILES string of the molecule is CC(=O)[C@@]1(C)CCC2c3ccc(O)cc3CCC2C1CC#N. The predicted octanol–water partition coefficient (Wildman–Crippen LogP) is 3.96. The van der Waals surface area contributed by atoms with E-state index in [2.05, 4.69) is 13.0 Å². The maximum atomic E-state index is 12.2. The van der Waals surface area contributed by atoms with E-state index in [-0.39, 0.29) is 17.1 Å². The number of hydrogen-bond acceptors (Lipinski definition) is 3. The van der Waals surface area contributed by atoms with Crippen molar-refractivity contribution < 1.29 is 9.90 Å². The van der Waals surface area contributed by atoms with Gasteiger partial charge in [0.15, 0.2) is 0 Å². The molecule has 1 fully saturated rings. The van der Waals surface area contributed by atoms with Crippen molar-refractivity contribution in [2.45, 2.75) is 51.9 Å². The van der Waals surface area contributed by atoms with Gasteiger partial charge in [0.05, 0.1) is 6.07 Å². The van der Waals surface area contributed by atoms with Crippen molar-refractivity contribution in [3.63, 3.8) is 0 Å². The molecular weight excluding hydrogens is 274 g/mol. The van der Waals surface area contributed by atoms with Gasteiger partial charge in [-0.3, -0.25) is 4.79 Å². The number of aryl methyl sites for hydroxylation is 1. The van der Waals surface area contributed by atoms with Crippen molar-refractivity contribution >= 4 is 5.78 Å². The topological polar surface area (TPSA) is 61.1 Å². The van der Waals surface area contributed by atoms with Crippen LogP contribution < -0.4 is 0 Å². The fourth-order valence-corrected chi connectivity index (χ4v) is 4.80. The number of phenolic OH excluding ortho intramolecular Hbond substituents is 1. The minimum atomic E-state index is -0.356. The molecule has 2 aliphatic carbocycles. The van der Waals surface area contributed by atoms with E-state index in [1.165, 1.54) is 11.1 Å². The van der Waals surface area contributed by atoms with E-state index in [1.807, 2.05) is 12.1 Å². The van der Waals surface area contributed by atoms with Crippen LogP contribution in [0.25, 0.3) is 0 Å². The van der Waals surface area contributed by atoms with Crippen LogP contribution in [-0.2, 0) is 11.2 Å². The van der Waals surface area contributed by atoms with E-state index in [0.717, 1.165) is 25.7 Å². The first-order valence-corrected chi connectivity index (χ1v) is 8.17. The molecule has 4 atom stereocenters. The van der Waals surface area contributed by atoms with Crippen LogP contribution in [0, 0.1) is 28.6 Å². The van der Waals surface area contributed by atoms with Gasteiger partial charge in [-0.25, -0.2) is 0 Å². The van der Waals surface area contributed by atoms with Gasteiger partial charge < -0.3 is 5.11 Å². The Balaban J connectivity index is 1.99. The van der Waals surface area contributed by atoms with Gasteiger partial charge in [-0.2, -0.15) is 5.26 Å². The Bertz CT molecular complexity index is 645. The van der Waals surface area contributed by atoms with Gasteiger partial charge in [-0.15, -0.1) is 0 Å². The summed E-state index contributed by atoms with van der Waals surface area (Å²) in [6, 6.07) is 8.01. The average Bonchev–Trinajstić information content (AvgIpc) is 2.49. The van der Waals surface area contributed by atoms with E-state index in [0.29, 0.717) is 24.0 Å². The summed E-state index contributed by atoms with van der Waals surface area (Å²) in [7, 11) is 0. The number of benzene rings is 1. The quantitative estimate of drug-likeness (QED) is 0.898. The van der Waals surface area contributed by atoms with Crippen LogP contribution in [0.3, 0.4) is 0 Å². The third kappa shape index (κ3) is 2.22. The highest BCUT2D eigenvalue weighted by molar-refractivity contribution is 5.82. The number of carbonyl (C=O) groups excluding carboxylic acids is 1. The molecule has 3 nitrogen and oxygen atoms in total. The molecule has 0 heterocycles. The summed E-state index contributed by atoms with van der Waals surface area (Å²) in [6.45, 7) is 3.74. The lowest BCUT2D eigenvalue weighted by Gasteiger charge is -2.50. The molecule has 0 radical (unpaired) electrons. The van der Waals surface area contributed by atoms with E-state index >= 15 is 0 Å². The summed E-state index contributed by atoms with van der Waals surface area (Å²) in [5.74, 6) is 1.53. The Hall–Kier alpha value is -1.82. The van der Waals surface area contributed by atoms with E-state index in [9.17, 15) is 15.2 Å². The lowest BCUT2D eigenvalue weighted by Crippen LogP contribution is -2.46. The third-order valence-electron chi connectivity index (χ3n) is 6.22. The highest BCUT2D eigenvalue weighted by atomic mass is 16.3. The third-order valence-corrected chi connectivity index (χ3v) is 6.22. The standard InChI is InChI=1S/C19H23NO2/c1-12(21)19(2)9-7-16-15-6-4-14(22)11-13(15)3-5-17(16)18(19)8-10-20/h4,6,11,16-18,22H,3,5,7-9H2,1-2H3/t16?,17?,18?,19-/m1/s1. The molecule has 3 heteroatoms. The maximum absolute atomic E-state index is 12.2. The maximum Gasteiger partial charge on any atom is 0.136 e. The van der Waals surface area contributed by atoms with Crippen LogP contribution >= 0.6 is 0 Å². The van der Waals surface area contributed by atoms with Crippen LogP contribution in [0.1, 0.15) is 56.6 Å². The van der Waals surface area contributed by atoms with Gasteiger partial charge >= 0.3 is 0 Å². The van der Waals surface area contributed by atoms with Gasteiger partial charge in [-0.05, 0) is 73.6 Å². The van der Waals surface area contributed by atoms with Crippen molar-refractivity contribution in [2.24, 2.45) is 17.3 Å². The Morgan fingerprint density at radius 2 is 2.23 bits per heavy atom. The van der Waals surface area contributed by atoms with E-state index < -0.39 is 0 Å². The lowest BCUT2D eigenvalue weighted by molar-refractivity contribution is -0.133. The molecule has 0 bridgehead atoms. The first kappa shape index (κ1) is 15.1. The van der Waals surface area contributed by atoms with E-state index in [1.54, 1.807) is 13.0 Å². The number of rotatable bonds is 2. The van der Waals surface area contributed by atoms with Gasteiger partial charge in [0.1, 0.15) is 11.5 Å². The van der Waals surface area contributed by atoms with Crippen LogP contribution in [0.5, 0.6) is 5.75 Å². The second-order valence-electron chi connectivity index (χ2n) is 7.17. The number of carbonyl (C=O) groups is 1. The molecule has 0 amide bonds. The Morgan fingerprint density at radius 3 is 2.91 bits per heavy atom. The minimum absolute atomic E-state index is 0.149. The van der Waals surface area contributed by atoms with Crippen LogP contribution in [-0.4, -0.2) is 10.9 Å². The number of Topliss-reactive ketones (excluding diaryl/α,β-unsaturated/α-hetero) is 1. The molecule has 1 aromatic carbocycles. The molecule has 0 aromatic heterocycles. The van der Waals surface area contributed by atoms with Crippen molar-refractivity contribution in [2.75, 3.05) is 0 Å². The van der Waals surface area contributed by atoms with Gasteiger partial charge in [-0.1, -0.05) is 13.0 Å². The smallest absolute Gasteiger partial charge is 0.136 e. The van der Waals surface area contributed by atoms with Crippen molar-refractivity contribution in [3.8, 4) is 11.8 Å². The van der Waals surface area contributed by atoms with Crippen molar-refractivity contribution in [1.82, 2.24) is 0 Å². The zero-order valence-corrected chi connectivity index (χ0v) is 13.3. The van der Waals surface area contributed by atoms with Crippen LogP contribution in [0.15, 0.2) is 18.2 Å². The molecule has 1 aromatic rings. The van der Waals surface area contributed by atoms with Gasteiger partial charge in [0, 0.05) is 11.8 Å². The summed E-state index contributed by atoms with van der Waals surface area (Å²) in [4.78, 5) is 12.2. The molecule has 1 N–H and O–H groups in total. The fourth-order valence-electron chi connectivity index (χ4n) is 4.80. The molecule has 22 heavy (non-hydrogen) atoms. The highest BCUT2D eigenvalue weighted by Gasteiger charge is 2.50. The summed E-state index contributed by atoms with van der Waals surface area (Å²) in [6.07, 6.45) is 4.26. The van der Waals surface area contributed by atoms with Crippen molar-refractivity contribution in [3.05, 3.63) is 29.3 Å². The number of nitriles is 1. The monoisotopic (exact) mass is 297 g/mol. The van der Waals surface area contributed by atoms with E-state index in [4.69, 9.17) is 0 Å². The van der Waals surface area contributed by atoms with Gasteiger partial charge in [0.25, 0.3) is 0 Å². The number of phenols is 1. The number of fused-ring (bicyclic) bond motifs is 3. The molecule has 2 aliphatic rings. The second-order valence-corrected chi connectivity index (χ2v) is 7.17. The Morgan fingerprint density at radius 1 is 1.45 bits per heavy atom. The highest BCUT2D eigenvalue weighted by Crippen LogP contribution is 2.56. The fraction of sp³-hybridized carbons (Fsp3) is 0.579. The van der Waals surface area contributed by atoms with Crippen LogP contribution in [0.4, 0.5) is 0 Å². The molecular formula is C19H23NO2. The zero-order chi connectivity index (χ0) is 15.9. The number of aromatic hydroxyl groups is 1. The summed E-state index contributed by atoms with van der Waals surface area (Å²) in [5, 5.41) is 18.9. The molecule has 3 rings (SSSR count). The lowest BCUT2D eigenvalue weighted by atomic mass is 9.53. The molecule has 0 spiro atoms. The van der Waals surface area contributed by atoms with Gasteiger partial charge in [0.2, 0.25) is 0 Å². The Labute approximate surface area is 132 Å². The largest absolute Gasteiger partial charge is 0.508 e. The normalized spacial score (nSPS) is 33.4. The predicted molar refractivity (Wildman–Crippen MR) is 84.4 cm³/mol. The molecule has 0 saturated heterocycles. The summed E-state index contributed by atoms with van der Waals surface area (Å²) < 4.78 is 0. The Kier molecular flexibility index (Phi) is 3.72. The number of nitrogens with zero attached hydrogens (tertiary/aromatic N) is 1. The molecule has 0 aliphatic heterocycles.